The van der Waals surface area contributed by atoms with E-state index < -0.39 is 0 Å². The van der Waals surface area contributed by atoms with Crippen LogP contribution in [0.15, 0.2) is 194 Å². The van der Waals surface area contributed by atoms with Crippen molar-refractivity contribution in [2.24, 2.45) is 0 Å². The maximum Gasteiger partial charge on any atom is 0.292 e. The molecule has 7 heteroatoms. The summed E-state index contributed by atoms with van der Waals surface area (Å²) in [7, 11) is 0. The van der Waals surface area contributed by atoms with E-state index in [2.05, 4.69) is 130 Å². The molecule has 8 aromatic carbocycles. The summed E-state index contributed by atoms with van der Waals surface area (Å²) in [5, 5.41) is 2.38. The summed E-state index contributed by atoms with van der Waals surface area (Å²) in [5.41, 5.74) is 11.7. The third kappa shape index (κ3) is 6.29. The Morgan fingerprint density at radius 2 is 1.08 bits per heavy atom. The van der Waals surface area contributed by atoms with Crippen molar-refractivity contribution in [2.45, 2.75) is 0 Å². The Bertz CT molecular complexity index is 3380. The van der Waals surface area contributed by atoms with E-state index in [0.29, 0.717) is 23.2 Å². The molecule has 6 nitrogen and oxygen atoms in total. The minimum absolute atomic E-state index is 0.516. The molecule has 1 N–H and O–H groups in total. The predicted molar refractivity (Wildman–Crippen MR) is 245 cm³/mol. The van der Waals surface area contributed by atoms with Gasteiger partial charge in [0.15, 0.2) is 34.2 Å². The van der Waals surface area contributed by atoms with Crippen molar-refractivity contribution in [1.82, 2.24) is 19.9 Å². The van der Waals surface area contributed by atoms with Crippen molar-refractivity contribution in [1.29, 1.82) is 0 Å². The van der Waals surface area contributed by atoms with Gasteiger partial charge in [-0.15, -0.1) is 11.3 Å². The molecule has 0 atom stereocenters. The van der Waals surface area contributed by atoms with Crippen molar-refractivity contribution < 1.29 is 4.57 Å². The lowest BCUT2D eigenvalue weighted by Crippen LogP contribution is -2.31. The van der Waals surface area contributed by atoms with Gasteiger partial charge >= 0.3 is 0 Å². The van der Waals surface area contributed by atoms with Crippen LogP contribution in [0.5, 0.6) is 0 Å². The molecule has 0 spiro atoms. The Kier molecular flexibility index (Phi) is 8.62. The maximum atomic E-state index is 8.10. The Morgan fingerprint density at radius 3 is 1.80 bits per heavy atom. The highest BCUT2D eigenvalue weighted by atomic mass is 32.1. The second-order valence-corrected chi connectivity index (χ2v) is 15.7. The van der Waals surface area contributed by atoms with E-state index in [1.54, 1.807) is 11.3 Å². The zero-order chi connectivity index (χ0) is 40.0. The van der Waals surface area contributed by atoms with Crippen LogP contribution in [0, 0.1) is 6.57 Å². The summed E-state index contributed by atoms with van der Waals surface area (Å²) in [6.07, 6.45) is 0. The first kappa shape index (κ1) is 35.1. The summed E-state index contributed by atoms with van der Waals surface area (Å²) in [6.45, 7) is 8.10. The smallest absolute Gasteiger partial charge is 0.238 e. The van der Waals surface area contributed by atoms with Crippen molar-refractivity contribution in [2.75, 3.05) is 0 Å². The second-order valence-electron chi connectivity index (χ2n) is 14.7. The number of aromatic nitrogens is 5. The Hall–Kier alpha value is -8.05. The molecule has 11 rings (SSSR count). The van der Waals surface area contributed by atoms with Crippen molar-refractivity contribution >= 4 is 48.2 Å². The van der Waals surface area contributed by atoms with Crippen LogP contribution in [-0.4, -0.2) is 19.9 Å². The number of benzene rings is 8. The first-order chi connectivity index (χ1) is 29.7. The SMILES string of the molecule is [C-]#[N+]c1cc(-c2ccc3sc4cccc(-c5cccc(-[n+]6c(-c7ccccc7)[nH]c7ccccc76)c5)c4c3c2)cc(-c2nc(-c3ccccc3)nc(-c3ccccc3)n2)c1. The molecule has 0 unspecified atom stereocenters. The van der Waals surface area contributed by atoms with Crippen LogP contribution in [-0.2, 0) is 0 Å². The first-order valence-corrected chi connectivity index (χ1v) is 20.5. The van der Waals surface area contributed by atoms with Gasteiger partial charge in [0.25, 0.3) is 5.82 Å². The van der Waals surface area contributed by atoms with Crippen molar-refractivity contribution in [3.8, 4) is 73.5 Å². The number of nitrogens with one attached hydrogen (secondary N) is 1. The normalized spacial score (nSPS) is 11.3. The molecule has 0 saturated heterocycles. The monoisotopic (exact) mass is 785 g/mol. The Morgan fingerprint density at radius 1 is 0.467 bits per heavy atom. The number of thiophene rings is 1. The number of fused-ring (bicyclic) bond motifs is 4. The van der Waals surface area contributed by atoms with E-state index in [0.717, 1.165) is 61.5 Å². The summed E-state index contributed by atoms with van der Waals surface area (Å²) in [6, 6.07) is 66.8. The van der Waals surface area contributed by atoms with E-state index in [9.17, 15) is 0 Å². The van der Waals surface area contributed by atoms with E-state index in [4.69, 9.17) is 21.5 Å². The molecule has 0 radical (unpaired) electrons. The lowest BCUT2D eigenvalue weighted by atomic mass is 9.96. The summed E-state index contributed by atoms with van der Waals surface area (Å²) >= 11 is 1.80. The molecule has 60 heavy (non-hydrogen) atoms. The number of H-pyrrole nitrogens is 1. The van der Waals surface area contributed by atoms with Crippen LogP contribution < -0.4 is 4.57 Å². The Balaban J connectivity index is 1.05. The van der Waals surface area contributed by atoms with Gasteiger partial charge in [0, 0.05) is 36.9 Å². The lowest BCUT2D eigenvalue weighted by molar-refractivity contribution is -0.554. The molecular formula is C53H33N6S+. The molecule has 0 aliphatic carbocycles. The molecule has 3 aromatic heterocycles. The van der Waals surface area contributed by atoms with Gasteiger partial charge in [-0.3, -0.25) is 0 Å². The van der Waals surface area contributed by atoms with Gasteiger partial charge in [0.2, 0.25) is 0 Å². The number of imidazole rings is 1. The summed E-state index contributed by atoms with van der Waals surface area (Å²) in [5.74, 6) is 2.71. The molecule has 3 heterocycles. The highest BCUT2D eigenvalue weighted by molar-refractivity contribution is 7.26. The number of rotatable bonds is 7. The molecule has 0 bridgehead atoms. The average Bonchev–Trinajstić information content (AvgIpc) is 3.91. The molecular weight excluding hydrogens is 753 g/mol. The highest BCUT2D eigenvalue weighted by Gasteiger charge is 2.23. The standard InChI is InChI=1S/C53H32N6S/c1-54-41-30-39(29-40(31-41)52-57-50(34-15-5-2-6-16-34)56-51(58-52)35-17-7-3-8-18-35)37-27-28-47-44(33-37)49-43(23-14-26-48(49)60-47)38-21-13-22-42(32-38)59-46-25-12-11-24-45(46)55-53(59)36-19-9-4-10-20-36/h2-33H/p+1. The molecule has 0 saturated carbocycles. The zero-order valence-electron chi connectivity index (χ0n) is 32.1. The average molecular weight is 786 g/mol. The third-order valence-electron chi connectivity index (χ3n) is 10.9. The topological polar surface area (TPSA) is 62.7 Å². The molecule has 0 aliphatic rings. The fourth-order valence-electron chi connectivity index (χ4n) is 8.11. The van der Waals surface area contributed by atoms with Crippen LogP contribution in [0.3, 0.4) is 0 Å². The van der Waals surface area contributed by atoms with Gasteiger partial charge in [-0.2, -0.15) is 4.57 Å². The maximum absolute atomic E-state index is 8.10. The van der Waals surface area contributed by atoms with Crippen molar-refractivity contribution in [3.05, 3.63) is 206 Å². The minimum Gasteiger partial charge on any atom is -0.238 e. The van der Waals surface area contributed by atoms with Gasteiger partial charge in [0.1, 0.15) is 5.69 Å². The lowest BCUT2D eigenvalue weighted by Gasteiger charge is -2.11. The van der Waals surface area contributed by atoms with Gasteiger partial charge in [-0.25, -0.2) is 24.8 Å². The molecule has 11 aromatic rings. The predicted octanol–water partition coefficient (Wildman–Crippen LogP) is 13.6. The Labute approximate surface area is 350 Å². The van der Waals surface area contributed by atoms with E-state index in [-0.39, 0.29) is 0 Å². The summed E-state index contributed by atoms with van der Waals surface area (Å²) < 4.78 is 4.74. The number of aromatic amines is 1. The van der Waals surface area contributed by atoms with E-state index in [1.165, 1.54) is 25.7 Å². The van der Waals surface area contributed by atoms with Gasteiger partial charge in [-0.05, 0) is 95.1 Å². The van der Waals surface area contributed by atoms with Crippen LogP contribution in [0.25, 0.3) is 110 Å². The first-order valence-electron chi connectivity index (χ1n) is 19.7. The van der Waals surface area contributed by atoms with E-state index in [1.807, 2.05) is 78.9 Å². The quantitative estimate of drug-likeness (QED) is 0.129. The fraction of sp³-hybridized carbons (Fsp3) is 0. The van der Waals surface area contributed by atoms with Crippen molar-refractivity contribution in [3.63, 3.8) is 0 Å². The largest absolute Gasteiger partial charge is 0.292 e. The molecule has 0 aliphatic heterocycles. The third-order valence-corrected chi connectivity index (χ3v) is 12.1. The number of hydrogen-bond acceptors (Lipinski definition) is 4. The second kappa shape index (κ2) is 14.7. The van der Waals surface area contributed by atoms with Gasteiger partial charge < -0.3 is 0 Å². The summed E-state index contributed by atoms with van der Waals surface area (Å²) in [4.78, 5) is 22.4. The highest BCUT2D eigenvalue weighted by Crippen LogP contribution is 2.43. The number of nitrogens with zero attached hydrogens (tertiary/aromatic N) is 5. The van der Waals surface area contributed by atoms with Gasteiger partial charge in [-0.1, -0.05) is 121 Å². The molecule has 0 amide bonds. The molecule has 280 valence electrons. The fourth-order valence-corrected chi connectivity index (χ4v) is 9.22. The van der Waals surface area contributed by atoms with E-state index >= 15 is 0 Å². The number of para-hydroxylation sites is 2. The van der Waals surface area contributed by atoms with Crippen LogP contribution in [0.1, 0.15) is 0 Å². The van der Waals surface area contributed by atoms with Crippen LogP contribution >= 0.6 is 11.3 Å². The minimum atomic E-state index is 0.516. The number of hydrogen-bond donors (Lipinski definition) is 1. The molecule has 0 fully saturated rings. The van der Waals surface area contributed by atoms with Crippen LogP contribution in [0.4, 0.5) is 5.69 Å². The zero-order valence-corrected chi connectivity index (χ0v) is 32.9. The van der Waals surface area contributed by atoms with Crippen LogP contribution in [0.2, 0.25) is 0 Å². The van der Waals surface area contributed by atoms with Gasteiger partial charge in [0.05, 0.1) is 12.1 Å².